The molecule has 3 N–H and O–H groups in total. The summed E-state index contributed by atoms with van der Waals surface area (Å²) in [5.74, 6) is -0.195. The summed E-state index contributed by atoms with van der Waals surface area (Å²) in [6.45, 7) is 0. The zero-order valence-corrected chi connectivity index (χ0v) is 11.2. The first kappa shape index (κ1) is 11.9. The van der Waals surface area contributed by atoms with Crippen molar-refractivity contribution in [3.8, 4) is 22.6 Å². The zero-order valence-electron chi connectivity index (χ0n) is 11.2. The molecule has 4 aromatic rings. The molecular formula is C18H13NO2. The van der Waals surface area contributed by atoms with E-state index in [4.69, 9.17) is 0 Å². The number of fused-ring (bicyclic) bond motifs is 3. The van der Waals surface area contributed by atoms with E-state index in [1.165, 1.54) is 6.07 Å². The van der Waals surface area contributed by atoms with Crippen LogP contribution in [0.5, 0.6) is 11.5 Å². The molecule has 1 aromatic heterocycles. The van der Waals surface area contributed by atoms with Crippen molar-refractivity contribution in [3.05, 3.63) is 60.7 Å². The fraction of sp³-hybridized carbons (Fsp3) is 0. The molecule has 102 valence electrons. The number of aromatic hydroxyl groups is 2. The molecule has 0 radical (unpaired) electrons. The summed E-state index contributed by atoms with van der Waals surface area (Å²) in [5.41, 5.74) is 3.60. The minimum absolute atomic E-state index is 0.0877. The van der Waals surface area contributed by atoms with Crippen LogP contribution in [0.15, 0.2) is 60.7 Å². The van der Waals surface area contributed by atoms with Crippen molar-refractivity contribution in [2.75, 3.05) is 0 Å². The molecule has 0 aliphatic carbocycles. The molecule has 4 rings (SSSR count). The summed E-state index contributed by atoms with van der Waals surface area (Å²) >= 11 is 0. The molecule has 0 atom stereocenters. The molecule has 0 amide bonds. The van der Waals surface area contributed by atoms with Gasteiger partial charge in [-0.3, -0.25) is 0 Å². The summed E-state index contributed by atoms with van der Waals surface area (Å²) in [5, 5.41) is 22.1. The Bertz CT molecular complexity index is 969. The van der Waals surface area contributed by atoms with E-state index < -0.39 is 0 Å². The van der Waals surface area contributed by atoms with Crippen LogP contribution in [-0.2, 0) is 0 Å². The SMILES string of the molecule is Oc1cccc(-c2cccc3[nH]c4ccccc4c23)c1O. The van der Waals surface area contributed by atoms with Crippen LogP contribution in [0.1, 0.15) is 0 Å². The molecule has 0 aliphatic heterocycles. The van der Waals surface area contributed by atoms with Crippen LogP contribution in [0.25, 0.3) is 32.9 Å². The van der Waals surface area contributed by atoms with E-state index in [2.05, 4.69) is 11.1 Å². The van der Waals surface area contributed by atoms with Crippen LogP contribution in [0.2, 0.25) is 0 Å². The highest BCUT2D eigenvalue weighted by molar-refractivity contribution is 6.14. The van der Waals surface area contributed by atoms with E-state index >= 15 is 0 Å². The van der Waals surface area contributed by atoms with E-state index in [-0.39, 0.29) is 11.5 Å². The molecule has 3 nitrogen and oxygen atoms in total. The predicted octanol–water partition coefficient (Wildman–Crippen LogP) is 4.40. The van der Waals surface area contributed by atoms with Gasteiger partial charge in [0.05, 0.1) is 0 Å². The van der Waals surface area contributed by atoms with Crippen LogP contribution < -0.4 is 0 Å². The average Bonchev–Trinajstić information content (AvgIpc) is 2.89. The summed E-state index contributed by atoms with van der Waals surface area (Å²) in [4.78, 5) is 3.38. The second kappa shape index (κ2) is 4.28. The molecule has 21 heavy (non-hydrogen) atoms. The van der Waals surface area contributed by atoms with E-state index in [9.17, 15) is 10.2 Å². The monoisotopic (exact) mass is 275 g/mol. The van der Waals surface area contributed by atoms with Crippen molar-refractivity contribution >= 4 is 21.8 Å². The van der Waals surface area contributed by atoms with Crippen LogP contribution in [0.4, 0.5) is 0 Å². The molecule has 0 aliphatic rings. The van der Waals surface area contributed by atoms with Gasteiger partial charge in [-0.25, -0.2) is 0 Å². The number of phenolic OH excluding ortho intramolecular Hbond substituents is 2. The number of benzene rings is 3. The average molecular weight is 275 g/mol. The van der Waals surface area contributed by atoms with Gasteiger partial charge in [0.15, 0.2) is 11.5 Å². The lowest BCUT2D eigenvalue weighted by Crippen LogP contribution is -1.81. The van der Waals surface area contributed by atoms with E-state index in [0.29, 0.717) is 5.56 Å². The number of phenols is 2. The lowest BCUT2D eigenvalue weighted by molar-refractivity contribution is 0.405. The highest BCUT2D eigenvalue weighted by Crippen LogP contribution is 2.41. The molecular weight excluding hydrogens is 262 g/mol. The minimum Gasteiger partial charge on any atom is -0.504 e. The normalized spacial score (nSPS) is 11.2. The standard InChI is InChI=1S/C18H13NO2/c20-16-10-4-7-12(18(16)21)11-6-3-9-15-17(11)13-5-1-2-8-14(13)19-15/h1-10,19-21H. The maximum absolute atomic E-state index is 10.2. The molecule has 0 fully saturated rings. The van der Waals surface area contributed by atoms with Gasteiger partial charge in [-0.15, -0.1) is 0 Å². The number of hydrogen-bond donors (Lipinski definition) is 3. The lowest BCUT2D eigenvalue weighted by Gasteiger charge is -2.08. The van der Waals surface area contributed by atoms with E-state index in [1.807, 2.05) is 42.5 Å². The number of nitrogens with one attached hydrogen (secondary N) is 1. The quantitative estimate of drug-likeness (QED) is 0.451. The second-order valence-corrected chi connectivity index (χ2v) is 5.07. The molecule has 0 saturated heterocycles. The number of aromatic nitrogens is 1. The van der Waals surface area contributed by atoms with Crippen molar-refractivity contribution in [3.63, 3.8) is 0 Å². The van der Waals surface area contributed by atoms with Gasteiger partial charge >= 0.3 is 0 Å². The first-order valence-electron chi connectivity index (χ1n) is 6.76. The van der Waals surface area contributed by atoms with Crippen molar-refractivity contribution in [1.29, 1.82) is 0 Å². The van der Waals surface area contributed by atoms with Gasteiger partial charge in [0.1, 0.15) is 0 Å². The zero-order chi connectivity index (χ0) is 14.4. The van der Waals surface area contributed by atoms with Crippen molar-refractivity contribution < 1.29 is 10.2 Å². The Balaban J connectivity index is 2.16. The summed E-state index contributed by atoms with van der Waals surface area (Å²) < 4.78 is 0. The molecule has 0 saturated carbocycles. The van der Waals surface area contributed by atoms with Gasteiger partial charge in [-0.2, -0.15) is 0 Å². The Labute approximate surface area is 121 Å². The molecule has 3 heteroatoms. The van der Waals surface area contributed by atoms with Crippen LogP contribution >= 0.6 is 0 Å². The Morgan fingerprint density at radius 3 is 2.29 bits per heavy atom. The molecule has 0 unspecified atom stereocenters. The summed E-state index contributed by atoms with van der Waals surface area (Å²) in [6.07, 6.45) is 0. The number of para-hydroxylation sites is 2. The largest absolute Gasteiger partial charge is 0.504 e. The summed E-state index contributed by atoms with van der Waals surface area (Å²) in [6, 6.07) is 19.0. The highest BCUT2D eigenvalue weighted by atomic mass is 16.3. The lowest BCUT2D eigenvalue weighted by atomic mass is 9.98. The maximum atomic E-state index is 10.2. The number of aromatic amines is 1. The Hall–Kier alpha value is -2.94. The van der Waals surface area contributed by atoms with Gasteiger partial charge < -0.3 is 15.2 Å². The van der Waals surface area contributed by atoms with Gasteiger partial charge in [0.2, 0.25) is 0 Å². The van der Waals surface area contributed by atoms with Crippen LogP contribution in [0.3, 0.4) is 0 Å². The fourth-order valence-electron chi connectivity index (χ4n) is 2.87. The fourth-order valence-corrected chi connectivity index (χ4v) is 2.87. The molecule has 0 bridgehead atoms. The van der Waals surface area contributed by atoms with Gasteiger partial charge in [-0.1, -0.05) is 42.5 Å². The predicted molar refractivity (Wildman–Crippen MR) is 84.6 cm³/mol. The second-order valence-electron chi connectivity index (χ2n) is 5.07. The van der Waals surface area contributed by atoms with Gasteiger partial charge in [-0.05, 0) is 23.8 Å². The van der Waals surface area contributed by atoms with E-state index in [0.717, 1.165) is 27.4 Å². The smallest absolute Gasteiger partial charge is 0.165 e. The maximum Gasteiger partial charge on any atom is 0.165 e. The first-order valence-corrected chi connectivity index (χ1v) is 6.76. The summed E-state index contributed by atoms with van der Waals surface area (Å²) in [7, 11) is 0. The Morgan fingerprint density at radius 2 is 1.38 bits per heavy atom. The number of hydrogen-bond acceptors (Lipinski definition) is 2. The number of H-pyrrole nitrogens is 1. The minimum atomic E-state index is -0.107. The van der Waals surface area contributed by atoms with E-state index in [1.54, 1.807) is 6.07 Å². The molecule has 3 aromatic carbocycles. The van der Waals surface area contributed by atoms with Crippen molar-refractivity contribution in [2.45, 2.75) is 0 Å². The Kier molecular flexibility index (Phi) is 2.42. The van der Waals surface area contributed by atoms with Gasteiger partial charge in [0, 0.05) is 27.4 Å². The number of rotatable bonds is 1. The van der Waals surface area contributed by atoms with Crippen LogP contribution in [0, 0.1) is 0 Å². The van der Waals surface area contributed by atoms with Crippen LogP contribution in [-0.4, -0.2) is 15.2 Å². The molecule has 1 heterocycles. The van der Waals surface area contributed by atoms with Crippen molar-refractivity contribution in [2.24, 2.45) is 0 Å². The van der Waals surface area contributed by atoms with Gasteiger partial charge in [0.25, 0.3) is 0 Å². The Morgan fingerprint density at radius 1 is 0.667 bits per heavy atom. The van der Waals surface area contributed by atoms with Crippen molar-refractivity contribution in [1.82, 2.24) is 4.98 Å². The third kappa shape index (κ3) is 1.68. The topological polar surface area (TPSA) is 56.2 Å². The third-order valence-electron chi connectivity index (χ3n) is 3.84. The third-order valence-corrected chi connectivity index (χ3v) is 3.84. The molecule has 0 spiro atoms. The first-order chi connectivity index (χ1) is 10.3. The highest BCUT2D eigenvalue weighted by Gasteiger charge is 2.14.